The summed E-state index contributed by atoms with van der Waals surface area (Å²) in [6, 6.07) is 0. The SMILES string of the molecule is CC1(C)OB(c2cnc(S(=O)(=O)[C@H]3CCCN(CCN)C3)nc2)OC1(C)C. The van der Waals surface area contributed by atoms with Gasteiger partial charge in [0.1, 0.15) is 0 Å². The molecule has 0 aliphatic carbocycles. The van der Waals surface area contributed by atoms with Gasteiger partial charge in [0.05, 0.1) is 16.5 Å². The fraction of sp³-hybridized carbons (Fsp3) is 0.765. The summed E-state index contributed by atoms with van der Waals surface area (Å²) in [5, 5.41) is -0.636. The molecule has 0 saturated carbocycles. The molecule has 3 heterocycles. The lowest BCUT2D eigenvalue weighted by Gasteiger charge is -2.32. The molecule has 10 heteroatoms. The zero-order valence-electron chi connectivity index (χ0n) is 16.5. The maximum atomic E-state index is 12.9. The van der Waals surface area contributed by atoms with Crippen LogP contribution < -0.4 is 11.2 Å². The van der Waals surface area contributed by atoms with Gasteiger partial charge < -0.3 is 19.9 Å². The summed E-state index contributed by atoms with van der Waals surface area (Å²) in [4.78, 5) is 10.4. The standard InChI is InChI=1S/C17H29BN4O4S/c1-16(2)17(3,4)26-18(25-16)13-10-20-15(21-11-13)27(23,24)14-6-5-8-22(12-14)9-7-19/h10-11,14H,5-9,12,19H2,1-4H3/t14-/m0/s1. The van der Waals surface area contributed by atoms with Crippen LogP contribution in [-0.4, -0.2) is 73.0 Å². The molecule has 2 aliphatic rings. The number of rotatable bonds is 5. The van der Waals surface area contributed by atoms with Crippen molar-refractivity contribution >= 4 is 22.4 Å². The first-order valence-corrected chi connectivity index (χ1v) is 11.0. The fourth-order valence-electron chi connectivity index (χ4n) is 3.38. The Hall–Kier alpha value is -1.07. The topological polar surface area (TPSA) is 108 Å². The van der Waals surface area contributed by atoms with Crippen LogP contribution in [0.4, 0.5) is 0 Å². The molecular weight excluding hydrogens is 367 g/mol. The molecule has 1 aromatic heterocycles. The highest BCUT2D eigenvalue weighted by molar-refractivity contribution is 7.91. The lowest BCUT2D eigenvalue weighted by molar-refractivity contribution is 0.00578. The minimum Gasteiger partial charge on any atom is -0.399 e. The van der Waals surface area contributed by atoms with Gasteiger partial charge in [-0.15, -0.1) is 0 Å². The molecule has 0 aromatic carbocycles. The maximum Gasteiger partial charge on any atom is 0.498 e. The highest BCUT2D eigenvalue weighted by Crippen LogP contribution is 2.36. The second-order valence-corrected chi connectivity index (χ2v) is 10.4. The van der Waals surface area contributed by atoms with E-state index in [1.165, 1.54) is 12.4 Å². The summed E-state index contributed by atoms with van der Waals surface area (Å²) < 4.78 is 37.8. The van der Waals surface area contributed by atoms with Gasteiger partial charge in [-0.3, -0.25) is 0 Å². The van der Waals surface area contributed by atoms with Crippen LogP contribution in [0.5, 0.6) is 0 Å². The first kappa shape index (κ1) is 20.7. The molecule has 0 amide bonds. The molecule has 0 bridgehead atoms. The van der Waals surface area contributed by atoms with Gasteiger partial charge >= 0.3 is 7.12 Å². The summed E-state index contributed by atoms with van der Waals surface area (Å²) >= 11 is 0. The van der Waals surface area contributed by atoms with E-state index in [-0.39, 0.29) is 5.16 Å². The molecule has 2 fully saturated rings. The molecule has 1 atom stereocenters. The first-order chi connectivity index (χ1) is 12.6. The summed E-state index contributed by atoms with van der Waals surface area (Å²) in [5.41, 5.74) is 5.26. The fourth-order valence-corrected chi connectivity index (χ4v) is 4.96. The third-order valence-corrected chi connectivity index (χ3v) is 7.76. The van der Waals surface area contributed by atoms with E-state index >= 15 is 0 Å². The Bertz CT molecular complexity index is 752. The van der Waals surface area contributed by atoms with Crippen LogP contribution in [0.15, 0.2) is 17.6 Å². The van der Waals surface area contributed by atoms with Crippen LogP contribution in [0.25, 0.3) is 0 Å². The zero-order chi connectivity index (χ0) is 19.9. The molecule has 3 rings (SSSR count). The number of aromatic nitrogens is 2. The lowest BCUT2D eigenvalue weighted by atomic mass is 9.81. The van der Waals surface area contributed by atoms with Crippen molar-refractivity contribution in [2.45, 2.75) is 62.1 Å². The van der Waals surface area contributed by atoms with Crippen LogP contribution in [-0.2, 0) is 19.1 Å². The van der Waals surface area contributed by atoms with Crippen molar-refractivity contribution in [3.05, 3.63) is 12.4 Å². The monoisotopic (exact) mass is 396 g/mol. The van der Waals surface area contributed by atoms with E-state index < -0.39 is 33.4 Å². The van der Waals surface area contributed by atoms with Crippen molar-refractivity contribution in [2.75, 3.05) is 26.2 Å². The predicted molar refractivity (Wildman–Crippen MR) is 103 cm³/mol. The number of nitrogens with two attached hydrogens (primary N) is 1. The van der Waals surface area contributed by atoms with Crippen LogP contribution >= 0.6 is 0 Å². The van der Waals surface area contributed by atoms with Crippen molar-refractivity contribution in [1.82, 2.24) is 14.9 Å². The first-order valence-electron chi connectivity index (χ1n) is 9.41. The van der Waals surface area contributed by atoms with Crippen LogP contribution in [0.2, 0.25) is 0 Å². The molecule has 1 aromatic rings. The minimum absolute atomic E-state index is 0.137. The van der Waals surface area contributed by atoms with Gasteiger partial charge in [-0.05, 0) is 47.1 Å². The third kappa shape index (κ3) is 4.05. The summed E-state index contributed by atoms with van der Waals surface area (Å²) in [5.74, 6) is 0. The molecule has 2 aliphatic heterocycles. The van der Waals surface area contributed by atoms with Gasteiger partial charge in [0.15, 0.2) is 0 Å². The summed E-state index contributed by atoms with van der Waals surface area (Å²) in [6.45, 7) is 10.4. The average Bonchev–Trinajstić information content (AvgIpc) is 2.83. The van der Waals surface area contributed by atoms with E-state index in [9.17, 15) is 8.42 Å². The van der Waals surface area contributed by atoms with Crippen molar-refractivity contribution in [3.8, 4) is 0 Å². The highest BCUT2D eigenvalue weighted by atomic mass is 32.2. The normalized spacial score (nSPS) is 25.7. The maximum absolute atomic E-state index is 12.9. The van der Waals surface area contributed by atoms with Gasteiger partial charge in [-0.25, -0.2) is 18.4 Å². The molecule has 150 valence electrons. The van der Waals surface area contributed by atoms with E-state index in [1.54, 1.807) is 0 Å². The van der Waals surface area contributed by atoms with E-state index in [1.807, 2.05) is 27.7 Å². The molecule has 2 N–H and O–H groups in total. The Morgan fingerprint density at radius 2 is 1.81 bits per heavy atom. The van der Waals surface area contributed by atoms with E-state index in [0.29, 0.717) is 31.5 Å². The molecule has 27 heavy (non-hydrogen) atoms. The molecule has 0 spiro atoms. The molecular formula is C17H29BN4O4S. The van der Waals surface area contributed by atoms with Crippen molar-refractivity contribution < 1.29 is 17.7 Å². The van der Waals surface area contributed by atoms with Gasteiger partial charge in [-0.1, -0.05) is 0 Å². The van der Waals surface area contributed by atoms with E-state index in [0.717, 1.165) is 13.0 Å². The van der Waals surface area contributed by atoms with E-state index in [4.69, 9.17) is 15.0 Å². The van der Waals surface area contributed by atoms with Crippen molar-refractivity contribution in [2.24, 2.45) is 5.73 Å². The predicted octanol–water partition coefficient (Wildman–Crippen LogP) is -0.0274. The second-order valence-electron chi connectivity index (χ2n) is 8.29. The average molecular weight is 396 g/mol. The quantitative estimate of drug-likeness (QED) is 0.546. The van der Waals surface area contributed by atoms with Gasteiger partial charge in [-0.2, -0.15) is 0 Å². The number of nitrogens with zero attached hydrogens (tertiary/aromatic N) is 3. The van der Waals surface area contributed by atoms with Crippen molar-refractivity contribution in [1.29, 1.82) is 0 Å². The Kier molecular flexibility index (Phi) is 5.66. The Labute approximate surface area is 161 Å². The highest BCUT2D eigenvalue weighted by Gasteiger charge is 2.52. The minimum atomic E-state index is -3.59. The number of likely N-dealkylation sites (tertiary alicyclic amines) is 1. The smallest absolute Gasteiger partial charge is 0.399 e. The lowest BCUT2D eigenvalue weighted by Crippen LogP contribution is -2.44. The molecule has 8 nitrogen and oxygen atoms in total. The molecule has 0 radical (unpaired) electrons. The van der Waals surface area contributed by atoms with Crippen LogP contribution in [0, 0.1) is 0 Å². The van der Waals surface area contributed by atoms with Gasteiger partial charge in [0.2, 0.25) is 15.0 Å². The number of hydrogen-bond acceptors (Lipinski definition) is 8. The largest absolute Gasteiger partial charge is 0.498 e. The molecule has 0 unspecified atom stereocenters. The van der Waals surface area contributed by atoms with Crippen LogP contribution in [0.1, 0.15) is 40.5 Å². The number of hydrogen-bond donors (Lipinski definition) is 1. The molecule has 2 saturated heterocycles. The Morgan fingerprint density at radius 1 is 1.22 bits per heavy atom. The number of sulfone groups is 1. The van der Waals surface area contributed by atoms with Gasteiger partial charge in [0.25, 0.3) is 0 Å². The number of piperidine rings is 1. The zero-order valence-corrected chi connectivity index (χ0v) is 17.3. The Morgan fingerprint density at radius 3 is 2.37 bits per heavy atom. The van der Waals surface area contributed by atoms with Gasteiger partial charge in [0, 0.05) is 37.5 Å². The Balaban J connectivity index is 1.75. The van der Waals surface area contributed by atoms with Crippen LogP contribution in [0.3, 0.4) is 0 Å². The summed E-state index contributed by atoms with van der Waals surface area (Å²) in [7, 11) is -4.20. The van der Waals surface area contributed by atoms with Crippen molar-refractivity contribution in [3.63, 3.8) is 0 Å². The van der Waals surface area contributed by atoms with E-state index in [2.05, 4.69) is 14.9 Å². The summed E-state index contributed by atoms with van der Waals surface area (Å²) in [6.07, 6.45) is 4.42. The third-order valence-electron chi connectivity index (χ3n) is 5.77. The second kappa shape index (κ2) is 7.40.